The molecule has 0 fully saturated rings. The largest absolute Gasteiger partial charge is 0.494 e. The smallest absolute Gasteiger partial charge is 0.325 e. The molecule has 1 aromatic carbocycles. The van der Waals surface area contributed by atoms with Gasteiger partial charge in [-0.1, -0.05) is 12.1 Å². The fourth-order valence-corrected chi connectivity index (χ4v) is 1.61. The molecule has 0 bridgehead atoms. The van der Waals surface area contributed by atoms with E-state index in [1.165, 1.54) is 11.0 Å². The van der Waals surface area contributed by atoms with Crippen LogP contribution >= 0.6 is 0 Å². The summed E-state index contributed by atoms with van der Waals surface area (Å²) < 4.78 is 10.1. The van der Waals surface area contributed by atoms with E-state index in [2.05, 4.69) is 0 Å². The van der Waals surface area contributed by atoms with Crippen molar-refractivity contribution < 1.29 is 19.1 Å². The molecular weight excluding hydrogens is 270 g/mol. The molecule has 1 aromatic rings. The van der Waals surface area contributed by atoms with E-state index in [1.807, 2.05) is 31.2 Å². The highest BCUT2D eigenvalue weighted by Crippen LogP contribution is 2.13. The van der Waals surface area contributed by atoms with Crippen LogP contribution in [0.25, 0.3) is 6.08 Å². The van der Waals surface area contributed by atoms with Crippen LogP contribution < -0.4 is 4.74 Å². The van der Waals surface area contributed by atoms with Gasteiger partial charge in [-0.25, -0.2) is 0 Å². The second-order valence-corrected chi connectivity index (χ2v) is 4.33. The van der Waals surface area contributed by atoms with Gasteiger partial charge in [-0.2, -0.15) is 0 Å². The number of benzene rings is 1. The summed E-state index contributed by atoms with van der Waals surface area (Å²) in [5.74, 6) is 0.125. The molecule has 5 heteroatoms. The normalized spacial score (nSPS) is 10.4. The first-order chi connectivity index (χ1) is 10.1. The van der Waals surface area contributed by atoms with E-state index >= 15 is 0 Å². The summed E-state index contributed by atoms with van der Waals surface area (Å²) >= 11 is 0. The van der Waals surface area contributed by atoms with Crippen LogP contribution in [0.2, 0.25) is 0 Å². The first kappa shape index (κ1) is 16.8. The molecule has 0 spiro atoms. The molecule has 1 rings (SSSR count). The molecule has 0 aromatic heterocycles. The first-order valence-electron chi connectivity index (χ1n) is 6.88. The Morgan fingerprint density at radius 2 is 1.81 bits per heavy atom. The van der Waals surface area contributed by atoms with Gasteiger partial charge in [0.05, 0.1) is 13.2 Å². The molecule has 0 saturated carbocycles. The minimum Gasteiger partial charge on any atom is -0.494 e. The van der Waals surface area contributed by atoms with E-state index < -0.39 is 5.97 Å². The summed E-state index contributed by atoms with van der Waals surface area (Å²) in [5, 5.41) is 0. The molecule has 0 atom stereocenters. The Morgan fingerprint density at radius 1 is 1.14 bits per heavy atom. The lowest BCUT2D eigenvalue weighted by molar-refractivity contribution is -0.146. The Bertz CT molecular complexity index is 494. The van der Waals surface area contributed by atoms with Crippen molar-refractivity contribution in [1.29, 1.82) is 0 Å². The number of amides is 1. The van der Waals surface area contributed by atoms with Gasteiger partial charge in [-0.05, 0) is 37.6 Å². The molecule has 1 amide bonds. The SMILES string of the molecule is CCOC(=O)CN(C)C(=O)C=Cc1ccc(OCC)cc1. The van der Waals surface area contributed by atoms with Crippen LogP contribution in [0.15, 0.2) is 30.3 Å². The lowest BCUT2D eigenvalue weighted by Crippen LogP contribution is -2.31. The lowest BCUT2D eigenvalue weighted by Gasteiger charge is -2.13. The third-order valence-corrected chi connectivity index (χ3v) is 2.66. The van der Waals surface area contributed by atoms with Crippen molar-refractivity contribution in [3.8, 4) is 5.75 Å². The highest BCUT2D eigenvalue weighted by molar-refractivity contribution is 5.93. The second-order valence-electron chi connectivity index (χ2n) is 4.33. The van der Waals surface area contributed by atoms with Crippen LogP contribution in [-0.2, 0) is 14.3 Å². The molecule has 21 heavy (non-hydrogen) atoms. The molecule has 114 valence electrons. The van der Waals surface area contributed by atoms with Crippen molar-refractivity contribution in [3.63, 3.8) is 0 Å². The van der Waals surface area contributed by atoms with Crippen LogP contribution in [0, 0.1) is 0 Å². The minimum absolute atomic E-state index is 0.0553. The maximum atomic E-state index is 11.8. The highest BCUT2D eigenvalue weighted by atomic mass is 16.5. The second kappa shape index (κ2) is 8.79. The number of esters is 1. The molecule has 0 aliphatic rings. The highest BCUT2D eigenvalue weighted by Gasteiger charge is 2.10. The Hall–Kier alpha value is -2.30. The van der Waals surface area contributed by atoms with Gasteiger partial charge in [-0.3, -0.25) is 9.59 Å². The number of carbonyl (C=O) groups is 2. The van der Waals surface area contributed by atoms with Crippen molar-refractivity contribution >= 4 is 18.0 Å². The predicted octanol–water partition coefficient (Wildman–Crippen LogP) is 2.12. The summed E-state index contributed by atoms with van der Waals surface area (Å²) in [5.41, 5.74) is 0.885. The van der Waals surface area contributed by atoms with Crippen LogP contribution in [0.5, 0.6) is 5.75 Å². The van der Waals surface area contributed by atoms with Gasteiger partial charge < -0.3 is 14.4 Å². The van der Waals surface area contributed by atoms with Crippen molar-refractivity contribution in [1.82, 2.24) is 4.90 Å². The fourth-order valence-electron chi connectivity index (χ4n) is 1.61. The van der Waals surface area contributed by atoms with Gasteiger partial charge >= 0.3 is 5.97 Å². The third kappa shape index (κ3) is 6.12. The standard InChI is InChI=1S/C16H21NO4/c1-4-20-14-9-6-13(7-10-14)8-11-15(18)17(3)12-16(19)21-5-2/h6-11H,4-5,12H2,1-3H3. The van der Waals surface area contributed by atoms with Gasteiger partial charge in [0.2, 0.25) is 5.91 Å². The van der Waals surface area contributed by atoms with Gasteiger partial charge in [0.15, 0.2) is 0 Å². The monoisotopic (exact) mass is 291 g/mol. The number of hydrogen-bond acceptors (Lipinski definition) is 4. The Balaban J connectivity index is 2.54. The topological polar surface area (TPSA) is 55.8 Å². The van der Waals surface area contributed by atoms with Crippen molar-refractivity contribution in [2.24, 2.45) is 0 Å². The van der Waals surface area contributed by atoms with Gasteiger partial charge in [0, 0.05) is 13.1 Å². The molecule has 0 aliphatic carbocycles. The number of likely N-dealkylation sites (N-methyl/N-ethyl adjacent to an activating group) is 1. The Morgan fingerprint density at radius 3 is 2.38 bits per heavy atom. The van der Waals surface area contributed by atoms with E-state index in [0.29, 0.717) is 13.2 Å². The maximum Gasteiger partial charge on any atom is 0.325 e. The van der Waals surface area contributed by atoms with Crippen LogP contribution in [0.4, 0.5) is 0 Å². The molecular formula is C16H21NO4. The summed E-state index contributed by atoms with van der Waals surface area (Å²) in [7, 11) is 1.56. The van der Waals surface area contributed by atoms with Crippen molar-refractivity contribution in [2.45, 2.75) is 13.8 Å². The van der Waals surface area contributed by atoms with Crippen molar-refractivity contribution in [3.05, 3.63) is 35.9 Å². The zero-order valence-corrected chi connectivity index (χ0v) is 12.7. The minimum atomic E-state index is -0.414. The van der Waals surface area contributed by atoms with E-state index in [4.69, 9.17) is 9.47 Å². The summed E-state index contributed by atoms with van der Waals surface area (Å²) in [6.45, 7) is 4.52. The average Bonchev–Trinajstić information content (AvgIpc) is 2.46. The van der Waals surface area contributed by atoms with Crippen molar-refractivity contribution in [2.75, 3.05) is 26.8 Å². The van der Waals surface area contributed by atoms with Crippen LogP contribution in [0.1, 0.15) is 19.4 Å². The summed E-state index contributed by atoms with van der Waals surface area (Å²) in [4.78, 5) is 24.4. The lowest BCUT2D eigenvalue weighted by atomic mass is 10.2. The Labute approximate surface area is 125 Å². The first-order valence-corrected chi connectivity index (χ1v) is 6.88. The van der Waals surface area contributed by atoms with E-state index in [1.54, 1.807) is 20.0 Å². The molecule has 0 heterocycles. The average molecular weight is 291 g/mol. The third-order valence-electron chi connectivity index (χ3n) is 2.66. The molecule has 0 N–H and O–H groups in total. The molecule has 0 aliphatic heterocycles. The number of carbonyl (C=O) groups excluding carboxylic acids is 2. The predicted molar refractivity (Wildman–Crippen MR) is 80.9 cm³/mol. The molecule has 5 nitrogen and oxygen atoms in total. The number of rotatable bonds is 7. The zero-order valence-electron chi connectivity index (χ0n) is 12.7. The molecule has 0 radical (unpaired) electrons. The van der Waals surface area contributed by atoms with Gasteiger partial charge in [0.1, 0.15) is 12.3 Å². The number of ether oxygens (including phenoxy) is 2. The fraction of sp³-hybridized carbons (Fsp3) is 0.375. The number of hydrogen-bond donors (Lipinski definition) is 0. The van der Waals surface area contributed by atoms with E-state index in [0.717, 1.165) is 11.3 Å². The van der Waals surface area contributed by atoms with E-state index in [9.17, 15) is 9.59 Å². The van der Waals surface area contributed by atoms with Gasteiger partial charge in [0.25, 0.3) is 0 Å². The summed E-state index contributed by atoms with van der Waals surface area (Å²) in [6.07, 6.45) is 3.12. The maximum absolute atomic E-state index is 11.8. The van der Waals surface area contributed by atoms with Gasteiger partial charge in [-0.15, -0.1) is 0 Å². The summed E-state index contributed by atoms with van der Waals surface area (Å²) in [6, 6.07) is 7.41. The quantitative estimate of drug-likeness (QED) is 0.570. The molecule has 0 unspecified atom stereocenters. The van der Waals surface area contributed by atoms with Crippen LogP contribution in [-0.4, -0.2) is 43.6 Å². The van der Waals surface area contributed by atoms with E-state index in [-0.39, 0.29) is 12.5 Å². The van der Waals surface area contributed by atoms with Crippen LogP contribution in [0.3, 0.4) is 0 Å². The Kier molecular flexibility index (Phi) is 7.01. The zero-order chi connectivity index (χ0) is 15.7. The number of nitrogens with zero attached hydrogens (tertiary/aromatic N) is 1. The molecule has 0 saturated heterocycles.